The minimum atomic E-state index is -4.50. The highest BCUT2D eigenvalue weighted by molar-refractivity contribution is 5.98. The van der Waals surface area contributed by atoms with Gasteiger partial charge in [0.2, 0.25) is 0 Å². The number of aromatic nitrogens is 2. The summed E-state index contributed by atoms with van der Waals surface area (Å²) >= 11 is 0. The van der Waals surface area contributed by atoms with Crippen molar-refractivity contribution in [2.24, 2.45) is 5.92 Å². The molecule has 1 aromatic heterocycles. The SMILES string of the molecule is O=C(c1cccc(C(F)(F)F)c1)[C@H]1CCCN(Cc2cc(=O)[nH]c(=O)[nH]2)C1. The second kappa shape index (κ2) is 7.51. The number of aromatic amines is 2. The molecular formula is C18H18F3N3O3. The number of carbonyl (C=O) groups excluding carboxylic acids is 1. The van der Waals surface area contributed by atoms with Crippen LogP contribution < -0.4 is 11.2 Å². The number of alkyl halides is 3. The first-order chi connectivity index (χ1) is 12.7. The molecule has 1 saturated heterocycles. The summed E-state index contributed by atoms with van der Waals surface area (Å²) in [5.74, 6) is -0.763. The Labute approximate surface area is 152 Å². The maximum atomic E-state index is 12.9. The number of piperidine rings is 1. The van der Waals surface area contributed by atoms with Gasteiger partial charge < -0.3 is 4.98 Å². The van der Waals surface area contributed by atoms with Crippen molar-refractivity contribution in [1.29, 1.82) is 0 Å². The van der Waals surface area contributed by atoms with Gasteiger partial charge in [0.1, 0.15) is 0 Å². The van der Waals surface area contributed by atoms with E-state index in [9.17, 15) is 27.6 Å². The fourth-order valence-electron chi connectivity index (χ4n) is 3.34. The molecular weight excluding hydrogens is 363 g/mol. The zero-order valence-electron chi connectivity index (χ0n) is 14.3. The number of carbonyl (C=O) groups is 1. The van der Waals surface area contributed by atoms with Crippen molar-refractivity contribution in [3.05, 3.63) is 68.0 Å². The molecule has 1 aliphatic heterocycles. The molecule has 1 atom stereocenters. The van der Waals surface area contributed by atoms with E-state index in [0.717, 1.165) is 12.1 Å². The first-order valence-electron chi connectivity index (χ1n) is 8.49. The van der Waals surface area contributed by atoms with Gasteiger partial charge in [-0.05, 0) is 31.5 Å². The van der Waals surface area contributed by atoms with Gasteiger partial charge in [-0.15, -0.1) is 0 Å². The molecule has 0 amide bonds. The minimum absolute atomic E-state index is 0.0428. The van der Waals surface area contributed by atoms with Crippen LogP contribution in [0.2, 0.25) is 0 Å². The summed E-state index contributed by atoms with van der Waals surface area (Å²) in [5.41, 5.74) is -1.49. The lowest BCUT2D eigenvalue weighted by molar-refractivity contribution is -0.137. The second-order valence-corrected chi connectivity index (χ2v) is 6.63. The molecule has 2 N–H and O–H groups in total. The summed E-state index contributed by atoms with van der Waals surface area (Å²) in [7, 11) is 0. The molecule has 3 rings (SSSR count). The Kier molecular flexibility index (Phi) is 5.31. The van der Waals surface area contributed by atoms with Crippen LogP contribution >= 0.6 is 0 Å². The van der Waals surface area contributed by atoms with E-state index in [1.54, 1.807) is 0 Å². The molecule has 27 heavy (non-hydrogen) atoms. The van der Waals surface area contributed by atoms with Crippen molar-refractivity contribution < 1.29 is 18.0 Å². The van der Waals surface area contributed by atoms with Gasteiger partial charge in [0, 0.05) is 36.3 Å². The van der Waals surface area contributed by atoms with E-state index in [2.05, 4.69) is 9.97 Å². The lowest BCUT2D eigenvalue weighted by Crippen LogP contribution is -2.39. The lowest BCUT2D eigenvalue weighted by atomic mass is 9.89. The molecule has 2 aromatic rings. The molecule has 1 aromatic carbocycles. The minimum Gasteiger partial charge on any atom is -0.310 e. The molecule has 1 aliphatic rings. The second-order valence-electron chi connectivity index (χ2n) is 6.63. The highest BCUT2D eigenvalue weighted by atomic mass is 19.4. The van der Waals surface area contributed by atoms with E-state index >= 15 is 0 Å². The Morgan fingerprint density at radius 2 is 1.96 bits per heavy atom. The fourth-order valence-corrected chi connectivity index (χ4v) is 3.34. The molecule has 9 heteroatoms. The van der Waals surface area contributed by atoms with Crippen LogP contribution in [0, 0.1) is 5.92 Å². The Bertz CT molecular complexity index is 921. The Morgan fingerprint density at radius 1 is 1.19 bits per heavy atom. The van der Waals surface area contributed by atoms with Gasteiger partial charge in [0.05, 0.1) is 5.56 Å². The van der Waals surface area contributed by atoms with Crippen LogP contribution in [-0.4, -0.2) is 33.7 Å². The maximum absolute atomic E-state index is 12.9. The number of H-pyrrole nitrogens is 2. The number of nitrogens with one attached hydrogen (secondary N) is 2. The highest BCUT2D eigenvalue weighted by Crippen LogP contribution is 2.30. The normalized spacial score (nSPS) is 18.4. The fraction of sp³-hybridized carbons (Fsp3) is 0.389. The van der Waals surface area contributed by atoms with E-state index < -0.39 is 28.9 Å². The van der Waals surface area contributed by atoms with Crippen molar-refractivity contribution in [2.75, 3.05) is 13.1 Å². The molecule has 0 saturated carbocycles. The van der Waals surface area contributed by atoms with Gasteiger partial charge in [0.25, 0.3) is 5.56 Å². The molecule has 144 valence electrons. The van der Waals surface area contributed by atoms with Crippen LogP contribution in [0.15, 0.2) is 39.9 Å². The first kappa shape index (κ1) is 19.1. The summed E-state index contributed by atoms with van der Waals surface area (Å²) in [6, 6.07) is 5.73. The van der Waals surface area contributed by atoms with Gasteiger partial charge in [-0.3, -0.25) is 19.5 Å². The molecule has 0 spiro atoms. The smallest absolute Gasteiger partial charge is 0.310 e. The van der Waals surface area contributed by atoms with Crippen molar-refractivity contribution in [2.45, 2.75) is 25.6 Å². The monoisotopic (exact) mass is 381 g/mol. The summed E-state index contributed by atoms with van der Waals surface area (Å²) in [6.07, 6.45) is -3.22. The van der Waals surface area contributed by atoms with Crippen LogP contribution in [0.1, 0.15) is 34.5 Å². The average Bonchev–Trinajstić information content (AvgIpc) is 2.60. The number of hydrogen-bond donors (Lipinski definition) is 2. The van der Waals surface area contributed by atoms with E-state index in [1.165, 1.54) is 18.2 Å². The van der Waals surface area contributed by atoms with E-state index in [1.807, 2.05) is 4.90 Å². The third kappa shape index (κ3) is 4.73. The Hall–Kier alpha value is -2.68. The van der Waals surface area contributed by atoms with E-state index in [-0.39, 0.29) is 17.9 Å². The van der Waals surface area contributed by atoms with Gasteiger partial charge >= 0.3 is 11.9 Å². The van der Waals surface area contributed by atoms with Crippen LogP contribution in [0.4, 0.5) is 13.2 Å². The van der Waals surface area contributed by atoms with Crippen LogP contribution in [0.3, 0.4) is 0 Å². The van der Waals surface area contributed by atoms with Crippen molar-refractivity contribution in [3.63, 3.8) is 0 Å². The van der Waals surface area contributed by atoms with Crippen LogP contribution in [-0.2, 0) is 12.7 Å². The quantitative estimate of drug-likeness (QED) is 0.795. The van der Waals surface area contributed by atoms with Crippen molar-refractivity contribution >= 4 is 5.78 Å². The average molecular weight is 381 g/mol. The summed E-state index contributed by atoms with van der Waals surface area (Å²) in [6.45, 7) is 1.30. The van der Waals surface area contributed by atoms with Crippen LogP contribution in [0.5, 0.6) is 0 Å². The predicted octanol–water partition coefficient (Wildman–Crippen LogP) is 2.18. The van der Waals surface area contributed by atoms with Gasteiger partial charge in [0.15, 0.2) is 5.78 Å². The van der Waals surface area contributed by atoms with Crippen molar-refractivity contribution in [3.8, 4) is 0 Å². The largest absolute Gasteiger partial charge is 0.416 e. The molecule has 0 aliphatic carbocycles. The van der Waals surface area contributed by atoms with E-state index in [4.69, 9.17) is 0 Å². The topological polar surface area (TPSA) is 86.0 Å². The van der Waals surface area contributed by atoms with Gasteiger partial charge in [-0.25, -0.2) is 4.79 Å². The van der Waals surface area contributed by atoms with Crippen molar-refractivity contribution in [1.82, 2.24) is 14.9 Å². The Balaban J connectivity index is 1.73. The molecule has 1 fully saturated rings. The molecule has 0 radical (unpaired) electrons. The van der Waals surface area contributed by atoms with Crippen LogP contribution in [0.25, 0.3) is 0 Å². The van der Waals surface area contributed by atoms with Gasteiger partial charge in [-0.1, -0.05) is 12.1 Å². The molecule has 0 bridgehead atoms. The number of rotatable bonds is 4. The molecule has 6 nitrogen and oxygen atoms in total. The van der Waals surface area contributed by atoms with E-state index in [0.29, 0.717) is 31.6 Å². The zero-order valence-corrected chi connectivity index (χ0v) is 14.3. The number of likely N-dealkylation sites (tertiary alicyclic amines) is 1. The third-order valence-electron chi connectivity index (χ3n) is 4.56. The predicted molar refractivity (Wildman–Crippen MR) is 91.5 cm³/mol. The number of halogens is 3. The number of Topliss-reactive ketones (excluding diaryl/α,β-unsaturated/α-hetero) is 1. The lowest BCUT2D eigenvalue weighted by Gasteiger charge is -2.31. The standard InChI is InChI=1S/C18H18F3N3O3/c19-18(20,21)13-5-1-3-11(7-13)16(26)12-4-2-6-24(9-12)10-14-8-15(25)23-17(27)22-14/h1,3,5,7-8,12H,2,4,6,9-10H2,(H2,22,23,25,27)/t12-/m0/s1. The summed E-state index contributed by atoms with van der Waals surface area (Å²) < 4.78 is 38.6. The third-order valence-corrected chi connectivity index (χ3v) is 4.56. The van der Waals surface area contributed by atoms with Gasteiger partial charge in [-0.2, -0.15) is 13.2 Å². The Morgan fingerprint density at radius 3 is 2.67 bits per heavy atom. The highest BCUT2D eigenvalue weighted by Gasteiger charge is 2.32. The number of nitrogens with zero attached hydrogens (tertiary/aromatic N) is 1. The maximum Gasteiger partial charge on any atom is 0.416 e. The summed E-state index contributed by atoms with van der Waals surface area (Å²) in [5, 5.41) is 0. The zero-order chi connectivity index (χ0) is 19.6. The number of benzene rings is 1. The number of hydrogen-bond acceptors (Lipinski definition) is 4. The first-order valence-corrected chi connectivity index (χ1v) is 8.49. The summed E-state index contributed by atoms with van der Waals surface area (Å²) in [4.78, 5) is 41.9. The number of ketones is 1. The molecule has 2 heterocycles. The molecule has 0 unspecified atom stereocenters.